The lowest BCUT2D eigenvalue weighted by Crippen LogP contribution is -2.45. The van der Waals surface area contributed by atoms with Crippen LogP contribution in [0.5, 0.6) is 0 Å². The van der Waals surface area contributed by atoms with Gasteiger partial charge in [0.2, 0.25) is 0 Å². The highest BCUT2D eigenvalue weighted by atomic mass is 32.2. The van der Waals surface area contributed by atoms with Crippen molar-refractivity contribution in [3.63, 3.8) is 0 Å². The summed E-state index contributed by atoms with van der Waals surface area (Å²) in [7, 11) is -3.27. The number of piperidine rings is 1. The molecule has 0 aromatic heterocycles. The predicted octanol–water partition coefficient (Wildman–Crippen LogP) is 0.420. The molecule has 18 heavy (non-hydrogen) atoms. The summed E-state index contributed by atoms with van der Waals surface area (Å²) in [4.78, 5) is 0. The summed E-state index contributed by atoms with van der Waals surface area (Å²) in [5.41, 5.74) is 0. The van der Waals surface area contributed by atoms with Crippen molar-refractivity contribution >= 4 is 10.2 Å². The van der Waals surface area contributed by atoms with Gasteiger partial charge in [-0.25, -0.2) is 0 Å². The first-order chi connectivity index (χ1) is 8.59. The van der Waals surface area contributed by atoms with Crippen molar-refractivity contribution in [2.75, 3.05) is 26.2 Å². The van der Waals surface area contributed by atoms with Gasteiger partial charge in [0.25, 0.3) is 10.2 Å². The van der Waals surface area contributed by atoms with Gasteiger partial charge >= 0.3 is 0 Å². The molecule has 0 bridgehead atoms. The highest BCUT2D eigenvalue weighted by molar-refractivity contribution is 7.86. The van der Waals surface area contributed by atoms with E-state index in [4.69, 9.17) is 0 Å². The van der Waals surface area contributed by atoms with Crippen LogP contribution < -0.4 is 0 Å². The molecule has 3 fully saturated rings. The Morgan fingerprint density at radius 1 is 0.944 bits per heavy atom. The Morgan fingerprint density at radius 2 is 1.67 bits per heavy atom. The maximum Gasteiger partial charge on any atom is 0.281 e. The minimum absolute atomic E-state index is 0.171. The third-order valence-electron chi connectivity index (χ3n) is 4.75. The average molecular weight is 274 g/mol. The van der Waals surface area contributed by atoms with E-state index in [1.54, 1.807) is 8.61 Å². The fraction of sp³-hybridized carbons (Fsp3) is 1.00. The van der Waals surface area contributed by atoms with E-state index in [9.17, 15) is 13.5 Å². The number of aliphatic hydroxyl groups is 1. The Bertz CT molecular complexity index is 406. The van der Waals surface area contributed by atoms with Gasteiger partial charge in [-0.3, -0.25) is 0 Å². The standard InChI is InChI=1S/C12H22N2O3S/c15-12-5-4-10-8-14(9-11(10)12)18(16,17)13-6-2-1-3-7-13/h10-12,15H,1-9H2. The van der Waals surface area contributed by atoms with E-state index in [0.29, 0.717) is 32.1 Å². The first-order valence-corrected chi connectivity index (χ1v) is 8.42. The third-order valence-corrected chi connectivity index (χ3v) is 6.72. The Kier molecular flexibility index (Phi) is 3.38. The van der Waals surface area contributed by atoms with Gasteiger partial charge in [-0.1, -0.05) is 6.42 Å². The van der Waals surface area contributed by atoms with Gasteiger partial charge in [-0.2, -0.15) is 17.0 Å². The molecule has 2 saturated heterocycles. The highest BCUT2D eigenvalue weighted by Gasteiger charge is 2.46. The molecule has 0 radical (unpaired) electrons. The van der Waals surface area contributed by atoms with E-state index in [1.165, 1.54) is 0 Å². The Balaban J connectivity index is 1.71. The molecule has 1 aliphatic carbocycles. The number of rotatable bonds is 2. The maximum atomic E-state index is 12.5. The lowest BCUT2D eigenvalue weighted by Gasteiger charge is -2.30. The number of nitrogens with zero attached hydrogens (tertiary/aromatic N) is 2. The number of hydrogen-bond acceptors (Lipinski definition) is 3. The van der Waals surface area contributed by atoms with E-state index in [-0.39, 0.29) is 12.0 Å². The Hall–Kier alpha value is -0.170. The molecule has 3 unspecified atom stereocenters. The predicted molar refractivity (Wildman–Crippen MR) is 68.1 cm³/mol. The fourth-order valence-corrected chi connectivity index (χ4v) is 5.43. The molecule has 1 N–H and O–H groups in total. The number of fused-ring (bicyclic) bond motifs is 1. The number of aliphatic hydroxyl groups excluding tert-OH is 1. The van der Waals surface area contributed by atoms with Gasteiger partial charge in [0.1, 0.15) is 0 Å². The van der Waals surface area contributed by atoms with Crippen molar-refractivity contribution in [1.29, 1.82) is 0 Å². The molecule has 0 aromatic carbocycles. The topological polar surface area (TPSA) is 60.9 Å². The van der Waals surface area contributed by atoms with Gasteiger partial charge in [-0.05, 0) is 31.6 Å². The molecular formula is C12H22N2O3S. The second kappa shape index (κ2) is 4.74. The molecule has 0 amide bonds. The van der Waals surface area contributed by atoms with E-state index in [1.807, 2.05) is 0 Å². The molecule has 5 nitrogen and oxygen atoms in total. The lowest BCUT2D eigenvalue weighted by molar-refractivity contribution is 0.129. The summed E-state index contributed by atoms with van der Waals surface area (Å²) < 4.78 is 28.2. The monoisotopic (exact) mass is 274 g/mol. The Morgan fingerprint density at radius 3 is 2.33 bits per heavy atom. The zero-order chi connectivity index (χ0) is 12.8. The summed E-state index contributed by atoms with van der Waals surface area (Å²) in [5, 5.41) is 9.86. The summed E-state index contributed by atoms with van der Waals surface area (Å²) in [6.07, 6.45) is 4.60. The second-order valence-corrected chi connectivity index (χ2v) is 7.78. The summed E-state index contributed by atoms with van der Waals surface area (Å²) in [6, 6.07) is 0. The van der Waals surface area contributed by atoms with Gasteiger partial charge in [0.05, 0.1) is 6.10 Å². The van der Waals surface area contributed by atoms with Crippen LogP contribution in [0.15, 0.2) is 0 Å². The average Bonchev–Trinajstić information content (AvgIpc) is 2.94. The van der Waals surface area contributed by atoms with Crippen molar-refractivity contribution in [2.45, 2.75) is 38.2 Å². The smallest absolute Gasteiger partial charge is 0.281 e. The van der Waals surface area contributed by atoms with Crippen LogP contribution in [0, 0.1) is 11.8 Å². The van der Waals surface area contributed by atoms with Crippen molar-refractivity contribution in [3.8, 4) is 0 Å². The van der Waals surface area contributed by atoms with E-state index < -0.39 is 10.2 Å². The van der Waals surface area contributed by atoms with Crippen molar-refractivity contribution in [3.05, 3.63) is 0 Å². The summed E-state index contributed by atoms with van der Waals surface area (Å²) in [6.45, 7) is 2.46. The molecule has 6 heteroatoms. The third kappa shape index (κ3) is 2.09. The summed E-state index contributed by atoms with van der Waals surface area (Å²) >= 11 is 0. The minimum Gasteiger partial charge on any atom is -0.393 e. The quantitative estimate of drug-likeness (QED) is 0.794. The first-order valence-electron chi connectivity index (χ1n) is 7.02. The van der Waals surface area contributed by atoms with Crippen LogP contribution in [-0.4, -0.2) is 54.4 Å². The molecule has 1 saturated carbocycles. The molecule has 0 aromatic rings. The van der Waals surface area contributed by atoms with Crippen LogP contribution in [0.2, 0.25) is 0 Å². The van der Waals surface area contributed by atoms with Crippen LogP contribution in [0.25, 0.3) is 0 Å². The first kappa shape index (κ1) is 12.8. The molecule has 2 aliphatic heterocycles. The van der Waals surface area contributed by atoms with Crippen molar-refractivity contribution < 1.29 is 13.5 Å². The van der Waals surface area contributed by atoms with Gasteiger partial charge < -0.3 is 5.11 Å². The lowest BCUT2D eigenvalue weighted by atomic mass is 10.00. The van der Waals surface area contributed by atoms with Gasteiger partial charge in [-0.15, -0.1) is 0 Å². The van der Waals surface area contributed by atoms with E-state index in [0.717, 1.165) is 32.1 Å². The zero-order valence-corrected chi connectivity index (χ0v) is 11.5. The minimum atomic E-state index is -3.27. The normalized spacial score (nSPS) is 39.1. The molecule has 3 rings (SSSR count). The molecule has 3 aliphatic rings. The fourth-order valence-electron chi connectivity index (χ4n) is 3.64. The largest absolute Gasteiger partial charge is 0.393 e. The van der Waals surface area contributed by atoms with Crippen molar-refractivity contribution in [1.82, 2.24) is 8.61 Å². The van der Waals surface area contributed by atoms with Gasteiger partial charge in [0.15, 0.2) is 0 Å². The second-order valence-electron chi connectivity index (χ2n) is 5.85. The molecule has 3 atom stereocenters. The van der Waals surface area contributed by atoms with Crippen LogP contribution >= 0.6 is 0 Å². The zero-order valence-electron chi connectivity index (χ0n) is 10.7. The Labute approximate surface area is 109 Å². The van der Waals surface area contributed by atoms with Gasteiger partial charge in [0, 0.05) is 32.1 Å². The van der Waals surface area contributed by atoms with E-state index >= 15 is 0 Å². The van der Waals surface area contributed by atoms with Crippen LogP contribution in [0.4, 0.5) is 0 Å². The molecule has 0 spiro atoms. The molecule has 104 valence electrons. The highest BCUT2D eigenvalue weighted by Crippen LogP contribution is 2.39. The maximum absolute atomic E-state index is 12.5. The van der Waals surface area contributed by atoms with Crippen molar-refractivity contribution in [2.24, 2.45) is 11.8 Å². The van der Waals surface area contributed by atoms with Crippen LogP contribution in [-0.2, 0) is 10.2 Å². The van der Waals surface area contributed by atoms with Crippen LogP contribution in [0.3, 0.4) is 0 Å². The molecule has 2 heterocycles. The van der Waals surface area contributed by atoms with Crippen LogP contribution in [0.1, 0.15) is 32.1 Å². The van der Waals surface area contributed by atoms with E-state index in [2.05, 4.69) is 0 Å². The molecular weight excluding hydrogens is 252 g/mol. The summed E-state index contributed by atoms with van der Waals surface area (Å²) in [5.74, 6) is 0.545. The number of hydrogen-bond donors (Lipinski definition) is 1. The SMILES string of the molecule is O=S(=O)(N1CCCCC1)N1CC2CCC(O)C2C1.